The first kappa shape index (κ1) is 16.0. The van der Waals surface area contributed by atoms with E-state index in [1.165, 1.54) is 22.5 Å². The Morgan fingerprint density at radius 3 is 3.09 bits per heavy atom. The molecular formula is C16H20N4O2S. The monoisotopic (exact) mass is 332 g/mol. The van der Waals surface area contributed by atoms with Crippen LogP contribution in [0.15, 0.2) is 29.8 Å². The number of anilines is 1. The van der Waals surface area contributed by atoms with E-state index in [1.54, 1.807) is 5.51 Å². The molecule has 0 spiro atoms. The van der Waals surface area contributed by atoms with Gasteiger partial charge in [-0.1, -0.05) is 35.6 Å². The van der Waals surface area contributed by atoms with Crippen LogP contribution in [-0.2, 0) is 11.2 Å². The van der Waals surface area contributed by atoms with Crippen LogP contribution in [0.25, 0.3) is 0 Å². The van der Waals surface area contributed by atoms with Crippen molar-refractivity contribution in [3.63, 3.8) is 0 Å². The van der Waals surface area contributed by atoms with Crippen LogP contribution in [0, 0.1) is 0 Å². The molecule has 0 saturated carbocycles. The van der Waals surface area contributed by atoms with Crippen LogP contribution < -0.4 is 5.32 Å². The number of rotatable bonds is 7. The number of nitrogens with zero attached hydrogens (tertiary/aromatic N) is 3. The minimum atomic E-state index is -0.0935. The first-order valence-corrected chi connectivity index (χ1v) is 8.64. The molecule has 0 saturated heterocycles. The van der Waals surface area contributed by atoms with Gasteiger partial charge in [-0.25, -0.2) is 0 Å². The molecular weight excluding hydrogens is 312 g/mol. The van der Waals surface area contributed by atoms with Crippen LogP contribution in [0.5, 0.6) is 0 Å². The van der Waals surface area contributed by atoms with Gasteiger partial charge in [0.1, 0.15) is 5.51 Å². The van der Waals surface area contributed by atoms with Crippen LogP contribution in [0.2, 0.25) is 0 Å². The van der Waals surface area contributed by atoms with Crippen molar-refractivity contribution in [2.45, 2.75) is 25.3 Å². The highest BCUT2D eigenvalue weighted by Crippen LogP contribution is 2.35. The van der Waals surface area contributed by atoms with Crippen molar-refractivity contribution in [2.75, 3.05) is 25.0 Å². The zero-order valence-electron chi connectivity index (χ0n) is 12.8. The quantitative estimate of drug-likeness (QED) is 0.809. The van der Waals surface area contributed by atoms with Gasteiger partial charge in [-0.15, -0.1) is 10.2 Å². The fourth-order valence-corrected chi connectivity index (χ4v) is 3.56. The Balaban J connectivity index is 1.69. The van der Waals surface area contributed by atoms with Crippen molar-refractivity contribution >= 4 is 22.4 Å². The van der Waals surface area contributed by atoms with Gasteiger partial charge in [-0.05, 0) is 30.4 Å². The van der Waals surface area contributed by atoms with Crippen molar-refractivity contribution in [3.05, 3.63) is 40.9 Å². The van der Waals surface area contributed by atoms with Crippen molar-refractivity contribution in [1.29, 1.82) is 0 Å². The van der Waals surface area contributed by atoms with Crippen LogP contribution >= 0.6 is 11.3 Å². The number of hydrogen-bond donors (Lipinski definition) is 2. The molecule has 0 fully saturated rings. The Labute approximate surface area is 139 Å². The molecule has 122 valence electrons. The third kappa shape index (κ3) is 3.93. The molecule has 0 radical (unpaired) electrons. The Morgan fingerprint density at radius 2 is 2.30 bits per heavy atom. The molecule has 0 aliphatic heterocycles. The van der Waals surface area contributed by atoms with E-state index < -0.39 is 0 Å². The van der Waals surface area contributed by atoms with Gasteiger partial charge >= 0.3 is 0 Å². The second kappa shape index (κ2) is 7.63. The lowest BCUT2D eigenvalue weighted by Crippen LogP contribution is -2.36. The molecule has 1 aromatic carbocycles. The first-order valence-electron chi connectivity index (χ1n) is 7.76. The molecule has 2 N–H and O–H groups in total. The van der Waals surface area contributed by atoms with Crippen LogP contribution in [0.3, 0.4) is 0 Å². The summed E-state index contributed by atoms with van der Waals surface area (Å²) in [5.74, 6) is -0.0935. The molecule has 1 aliphatic carbocycles. The maximum Gasteiger partial charge on any atom is 0.240 e. The minimum Gasteiger partial charge on any atom is -0.396 e. The highest BCUT2D eigenvalue weighted by atomic mass is 32.1. The van der Waals surface area contributed by atoms with Crippen molar-refractivity contribution < 1.29 is 9.90 Å². The van der Waals surface area contributed by atoms with Gasteiger partial charge in [-0.3, -0.25) is 15.0 Å². The average Bonchev–Trinajstić information content (AvgIpc) is 3.20. The molecule has 2 aromatic rings. The highest BCUT2D eigenvalue weighted by Gasteiger charge is 2.28. The first-order chi connectivity index (χ1) is 11.3. The molecule has 1 amide bonds. The van der Waals surface area contributed by atoms with E-state index in [4.69, 9.17) is 5.11 Å². The fourth-order valence-electron chi connectivity index (χ4n) is 3.10. The number of carbonyl (C=O) groups is 1. The summed E-state index contributed by atoms with van der Waals surface area (Å²) in [6.45, 7) is 1.11. The SMILES string of the molecule is O=C(CN(CCCO)C1CCc2ccccc21)Nc1nncs1. The largest absolute Gasteiger partial charge is 0.396 e. The molecule has 23 heavy (non-hydrogen) atoms. The third-order valence-corrected chi connectivity index (χ3v) is 4.71. The summed E-state index contributed by atoms with van der Waals surface area (Å²) in [5, 5.41) is 20.0. The molecule has 0 bridgehead atoms. The molecule has 1 aliphatic rings. The predicted molar refractivity (Wildman–Crippen MR) is 89.3 cm³/mol. The Kier molecular flexibility index (Phi) is 5.32. The smallest absolute Gasteiger partial charge is 0.240 e. The van der Waals surface area contributed by atoms with E-state index in [0.29, 0.717) is 24.6 Å². The van der Waals surface area contributed by atoms with E-state index in [2.05, 4.69) is 38.6 Å². The van der Waals surface area contributed by atoms with E-state index in [1.807, 2.05) is 6.07 Å². The molecule has 7 heteroatoms. The third-order valence-electron chi connectivity index (χ3n) is 4.10. The predicted octanol–water partition coefficient (Wildman–Crippen LogP) is 1.85. The number of aliphatic hydroxyl groups is 1. The number of aromatic nitrogens is 2. The van der Waals surface area contributed by atoms with Crippen molar-refractivity contribution in [3.8, 4) is 0 Å². The van der Waals surface area contributed by atoms with E-state index in [9.17, 15) is 4.79 Å². The van der Waals surface area contributed by atoms with Crippen molar-refractivity contribution in [1.82, 2.24) is 15.1 Å². The summed E-state index contributed by atoms with van der Waals surface area (Å²) in [7, 11) is 0. The van der Waals surface area contributed by atoms with Crippen molar-refractivity contribution in [2.24, 2.45) is 0 Å². The second-order valence-electron chi connectivity index (χ2n) is 5.59. The summed E-state index contributed by atoms with van der Waals surface area (Å²) < 4.78 is 0. The van der Waals surface area contributed by atoms with Gasteiger partial charge in [0, 0.05) is 19.2 Å². The van der Waals surface area contributed by atoms with E-state index in [-0.39, 0.29) is 18.6 Å². The molecule has 6 nitrogen and oxygen atoms in total. The van der Waals surface area contributed by atoms with Gasteiger partial charge in [0.25, 0.3) is 0 Å². The zero-order valence-corrected chi connectivity index (χ0v) is 13.6. The second-order valence-corrected chi connectivity index (χ2v) is 6.43. The number of aryl methyl sites for hydroxylation is 1. The molecule has 3 rings (SSSR count). The summed E-state index contributed by atoms with van der Waals surface area (Å²) in [4.78, 5) is 14.4. The van der Waals surface area contributed by atoms with Gasteiger partial charge in [0.05, 0.1) is 6.54 Å². The number of nitrogens with one attached hydrogen (secondary N) is 1. The fraction of sp³-hybridized carbons (Fsp3) is 0.438. The summed E-state index contributed by atoms with van der Waals surface area (Å²) in [6.07, 6.45) is 2.70. The lowest BCUT2D eigenvalue weighted by Gasteiger charge is -2.28. The maximum atomic E-state index is 12.3. The Hall–Kier alpha value is -1.83. The Bertz CT molecular complexity index is 647. The van der Waals surface area contributed by atoms with Gasteiger partial charge < -0.3 is 5.11 Å². The summed E-state index contributed by atoms with van der Waals surface area (Å²) in [6, 6.07) is 8.63. The summed E-state index contributed by atoms with van der Waals surface area (Å²) >= 11 is 1.30. The lowest BCUT2D eigenvalue weighted by molar-refractivity contribution is -0.118. The van der Waals surface area contributed by atoms with E-state index >= 15 is 0 Å². The minimum absolute atomic E-state index is 0.0935. The number of benzene rings is 1. The number of aliphatic hydroxyl groups excluding tert-OH is 1. The summed E-state index contributed by atoms with van der Waals surface area (Å²) in [5.41, 5.74) is 4.25. The topological polar surface area (TPSA) is 78.4 Å². The van der Waals surface area contributed by atoms with E-state index in [0.717, 1.165) is 12.8 Å². The number of fused-ring (bicyclic) bond motifs is 1. The maximum absolute atomic E-state index is 12.3. The molecule has 1 aromatic heterocycles. The zero-order chi connectivity index (χ0) is 16.1. The number of carbonyl (C=O) groups excluding carboxylic acids is 1. The standard InChI is InChI=1S/C16H20N4O2S/c21-9-3-8-20(10-15(22)18-16-19-17-11-23-16)14-7-6-12-4-1-2-5-13(12)14/h1-2,4-5,11,14,21H,3,6-10H2,(H,18,19,22). The highest BCUT2D eigenvalue weighted by molar-refractivity contribution is 7.13. The number of amides is 1. The molecule has 1 atom stereocenters. The van der Waals surface area contributed by atoms with Gasteiger partial charge in [-0.2, -0.15) is 0 Å². The molecule has 1 unspecified atom stereocenters. The molecule has 1 heterocycles. The normalized spacial score (nSPS) is 16.5. The average molecular weight is 332 g/mol. The lowest BCUT2D eigenvalue weighted by atomic mass is 10.1. The van der Waals surface area contributed by atoms with Gasteiger partial charge in [0.15, 0.2) is 0 Å². The van der Waals surface area contributed by atoms with Gasteiger partial charge in [0.2, 0.25) is 11.0 Å². The number of hydrogen-bond acceptors (Lipinski definition) is 6. The van der Waals surface area contributed by atoms with Crippen LogP contribution in [0.4, 0.5) is 5.13 Å². The van der Waals surface area contributed by atoms with Crippen LogP contribution in [-0.4, -0.2) is 45.8 Å². The Morgan fingerprint density at radius 1 is 1.43 bits per heavy atom. The van der Waals surface area contributed by atoms with Crippen LogP contribution in [0.1, 0.15) is 30.0 Å².